The van der Waals surface area contributed by atoms with E-state index in [9.17, 15) is 9.59 Å². The zero-order valence-electron chi connectivity index (χ0n) is 5.26. The first-order valence-corrected chi connectivity index (χ1v) is 2.65. The second-order valence-electron chi connectivity index (χ2n) is 1.70. The minimum Gasteiger partial charge on any atom is -0.346 e. The summed E-state index contributed by atoms with van der Waals surface area (Å²) in [4.78, 5) is 20.3. The van der Waals surface area contributed by atoms with Crippen molar-refractivity contribution in [3.05, 3.63) is 0 Å². The van der Waals surface area contributed by atoms with Crippen LogP contribution in [-0.2, 0) is 9.59 Å². The third-order valence-electron chi connectivity index (χ3n) is 0.778. The highest BCUT2D eigenvalue weighted by Gasteiger charge is 2.01. The highest BCUT2D eigenvalue weighted by molar-refractivity contribution is 5.80. The lowest BCUT2D eigenvalue weighted by molar-refractivity contribution is -0.122. The fourth-order valence-corrected chi connectivity index (χ4v) is 0.347. The molecule has 0 aromatic heterocycles. The summed E-state index contributed by atoms with van der Waals surface area (Å²) in [7, 11) is 0. The molecule has 0 saturated heterocycles. The molecule has 0 aliphatic carbocycles. The number of nitrogens with two attached hydrogens (primary N) is 1. The maximum Gasteiger partial charge on any atom is 0.234 e. The van der Waals surface area contributed by atoms with Gasteiger partial charge >= 0.3 is 0 Å². The molecule has 0 spiro atoms. The molecule has 0 aromatic rings. The third-order valence-corrected chi connectivity index (χ3v) is 0.778. The molecule has 0 heterocycles. The second kappa shape index (κ2) is 4.03. The fourth-order valence-electron chi connectivity index (χ4n) is 0.347. The molecule has 0 bridgehead atoms. The molecule has 0 radical (unpaired) electrons. The number of aldehydes is 1. The van der Waals surface area contributed by atoms with E-state index in [2.05, 4.69) is 5.32 Å². The number of carbonyl (C=O) groups excluding carboxylic acids is 2. The van der Waals surface area contributed by atoms with Gasteiger partial charge in [0, 0.05) is 0 Å². The molecule has 1 atom stereocenters. The number of hydrogen-bond donors (Lipinski definition) is 2. The Labute approximate surface area is 53.4 Å². The van der Waals surface area contributed by atoms with Crippen LogP contribution in [0.25, 0.3) is 0 Å². The summed E-state index contributed by atoms with van der Waals surface area (Å²) in [5, 5.41) is 2.35. The molecule has 1 amide bonds. The fraction of sp³-hybridized carbons (Fsp3) is 0.600. The maximum atomic E-state index is 10.4. The monoisotopic (exact) mass is 130 g/mol. The number of rotatable bonds is 3. The van der Waals surface area contributed by atoms with E-state index >= 15 is 0 Å². The SMILES string of the molecule is C[C@H](C=O)NC(=O)CN. The smallest absolute Gasteiger partial charge is 0.234 e. The number of nitrogens with one attached hydrogen (secondary N) is 1. The summed E-state index contributed by atoms with van der Waals surface area (Å²) in [5.74, 6) is -0.311. The lowest BCUT2D eigenvalue weighted by Crippen LogP contribution is -2.37. The van der Waals surface area contributed by atoms with Crippen molar-refractivity contribution in [1.82, 2.24) is 5.32 Å². The van der Waals surface area contributed by atoms with Gasteiger partial charge in [-0.3, -0.25) is 4.79 Å². The first-order chi connectivity index (χ1) is 4.20. The van der Waals surface area contributed by atoms with Gasteiger partial charge in [-0.2, -0.15) is 0 Å². The minimum absolute atomic E-state index is 0.0713. The van der Waals surface area contributed by atoms with Crippen LogP contribution < -0.4 is 11.1 Å². The average Bonchev–Trinajstić information content (AvgIpc) is 1.87. The molecule has 3 N–H and O–H groups in total. The van der Waals surface area contributed by atoms with Gasteiger partial charge in [0.15, 0.2) is 0 Å². The summed E-state index contributed by atoms with van der Waals surface area (Å²) in [6.45, 7) is 1.51. The van der Waals surface area contributed by atoms with Crippen LogP contribution in [0.2, 0.25) is 0 Å². The van der Waals surface area contributed by atoms with E-state index in [1.165, 1.54) is 0 Å². The van der Waals surface area contributed by atoms with Crippen LogP contribution in [0.1, 0.15) is 6.92 Å². The molecular formula is C5H10N2O2. The van der Waals surface area contributed by atoms with Crippen LogP contribution in [0.5, 0.6) is 0 Å². The first-order valence-electron chi connectivity index (χ1n) is 2.65. The van der Waals surface area contributed by atoms with Gasteiger partial charge in [-0.25, -0.2) is 0 Å². The molecule has 52 valence electrons. The lowest BCUT2D eigenvalue weighted by Gasteiger charge is -2.03. The topological polar surface area (TPSA) is 72.2 Å². The van der Waals surface area contributed by atoms with Gasteiger partial charge in [-0.1, -0.05) is 0 Å². The molecular weight excluding hydrogens is 120 g/mol. The Morgan fingerprint density at radius 3 is 2.78 bits per heavy atom. The standard InChI is InChI=1S/C5H10N2O2/c1-4(3-8)7-5(9)2-6/h3-4H,2,6H2,1H3,(H,7,9)/t4-/m1/s1. The third kappa shape index (κ3) is 3.66. The molecule has 0 saturated carbocycles. The Morgan fingerprint density at radius 2 is 2.44 bits per heavy atom. The molecule has 0 fully saturated rings. The van der Waals surface area contributed by atoms with Crippen LogP contribution >= 0.6 is 0 Å². The number of carbonyl (C=O) groups is 2. The normalized spacial score (nSPS) is 12.2. The van der Waals surface area contributed by atoms with E-state index in [-0.39, 0.29) is 12.5 Å². The summed E-state index contributed by atoms with van der Waals surface area (Å²) >= 11 is 0. The van der Waals surface area contributed by atoms with Crippen molar-refractivity contribution >= 4 is 12.2 Å². The predicted molar refractivity (Wildman–Crippen MR) is 32.7 cm³/mol. The van der Waals surface area contributed by atoms with Crippen LogP contribution in [0.3, 0.4) is 0 Å². The van der Waals surface area contributed by atoms with E-state index in [4.69, 9.17) is 5.73 Å². The van der Waals surface area contributed by atoms with E-state index < -0.39 is 6.04 Å². The first kappa shape index (κ1) is 8.10. The van der Waals surface area contributed by atoms with Crippen molar-refractivity contribution in [3.8, 4) is 0 Å². The van der Waals surface area contributed by atoms with Gasteiger partial charge in [0.2, 0.25) is 5.91 Å². The van der Waals surface area contributed by atoms with Gasteiger partial charge in [-0.05, 0) is 6.92 Å². The Balaban J connectivity index is 3.46. The summed E-state index contributed by atoms with van der Waals surface area (Å²) < 4.78 is 0. The molecule has 4 nitrogen and oxygen atoms in total. The quantitative estimate of drug-likeness (QED) is 0.464. The number of hydrogen-bond acceptors (Lipinski definition) is 3. The van der Waals surface area contributed by atoms with Crippen molar-refractivity contribution in [2.24, 2.45) is 5.73 Å². The highest BCUT2D eigenvalue weighted by atomic mass is 16.2. The summed E-state index contributed by atoms with van der Waals surface area (Å²) in [6.07, 6.45) is 0.646. The van der Waals surface area contributed by atoms with Crippen molar-refractivity contribution < 1.29 is 9.59 Å². The van der Waals surface area contributed by atoms with Crippen LogP contribution in [0, 0.1) is 0 Å². The van der Waals surface area contributed by atoms with E-state index in [0.29, 0.717) is 6.29 Å². The molecule has 0 aromatic carbocycles. The van der Waals surface area contributed by atoms with Gasteiger partial charge < -0.3 is 15.8 Å². The Morgan fingerprint density at radius 1 is 1.89 bits per heavy atom. The predicted octanol–water partition coefficient (Wildman–Crippen LogP) is -1.35. The minimum atomic E-state index is -0.430. The van der Waals surface area contributed by atoms with Crippen LogP contribution in [0.4, 0.5) is 0 Å². The van der Waals surface area contributed by atoms with Gasteiger partial charge in [0.05, 0.1) is 12.6 Å². The zero-order chi connectivity index (χ0) is 7.28. The lowest BCUT2D eigenvalue weighted by atomic mass is 10.4. The summed E-state index contributed by atoms with van der Waals surface area (Å²) in [5.41, 5.74) is 4.95. The van der Waals surface area contributed by atoms with Crippen molar-refractivity contribution in [2.45, 2.75) is 13.0 Å². The van der Waals surface area contributed by atoms with E-state index in [1.54, 1.807) is 6.92 Å². The van der Waals surface area contributed by atoms with Crippen molar-refractivity contribution in [3.63, 3.8) is 0 Å². The van der Waals surface area contributed by atoms with Gasteiger partial charge in [0.25, 0.3) is 0 Å². The highest BCUT2D eigenvalue weighted by Crippen LogP contribution is 1.71. The molecule has 0 aliphatic rings. The average molecular weight is 130 g/mol. The van der Waals surface area contributed by atoms with Gasteiger partial charge in [0.1, 0.15) is 6.29 Å². The summed E-state index contributed by atoms with van der Waals surface area (Å²) in [6, 6.07) is -0.430. The van der Waals surface area contributed by atoms with Crippen molar-refractivity contribution in [1.29, 1.82) is 0 Å². The Bertz CT molecular complexity index is 114. The van der Waals surface area contributed by atoms with E-state index in [0.717, 1.165) is 0 Å². The number of amides is 1. The maximum absolute atomic E-state index is 10.4. The molecule has 0 rings (SSSR count). The molecule has 0 aliphatic heterocycles. The molecule has 9 heavy (non-hydrogen) atoms. The molecule has 4 heteroatoms. The Kier molecular flexibility index (Phi) is 3.62. The Hall–Kier alpha value is -0.900. The largest absolute Gasteiger partial charge is 0.346 e. The van der Waals surface area contributed by atoms with Crippen LogP contribution in [-0.4, -0.2) is 24.8 Å². The van der Waals surface area contributed by atoms with E-state index in [1.807, 2.05) is 0 Å². The zero-order valence-corrected chi connectivity index (χ0v) is 5.26. The molecule has 0 unspecified atom stereocenters. The van der Waals surface area contributed by atoms with Crippen molar-refractivity contribution in [2.75, 3.05) is 6.54 Å². The van der Waals surface area contributed by atoms with Crippen LogP contribution in [0.15, 0.2) is 0 Å². The second-order valence-corrected chi connectivity index (χ2v) is 1.70. The van der Waals surface area contributed by atoms with Gasteiger partial charge in [-0.15, -0.1) is 0 Å².